The van der Waals surface area contributed by atoms with Crippen molar-refractivity contribution in [3.8, 4) is 0 Å². The zero-order valence-electron chi connectivity index (χ0n) is 8.06. The van der Waals surface area contributed by atoms with Gasteiger partial charge in [0.2, 0.25) is 0 Å². The predicted octanol–water partition coefficient (Wildman–Crippen LogP) is 1.19. The topological polar surface area (TPSA) is 58.0 Å². The summed E-state index contributed by atoms with van der Waals surface area (Å²) in [6, 6.07) is 2.32. The first kappa shape index (κ1) is 9.40. The predicted molar refractivity (Wildman–Crippen MR) is 53.9 cm³/mol. The van der Waals surface area contributed by atoms with Gasteiger partial charge in [0, 0.05) is 12.2 Å². The lowest BCUT2D eigenvalue weighted by molar-refractivity contribution is 0.126. The minimum atomic E-state index is -0.0987. The molecule has 0 unspecified atom stereocenters. The Hall–Kier alpha value is -1.16. The highest BCUT2D eigenvalue weighted by molar-refractivity contribution is 5.33. The van der Waals surface area contributed by atoms with Gasteiger partial charge in [0.05, 0.1) is 6.10 Å². The molecule has 0 bridgehead atoms. The maximum Gasteiger partial charge on any atom is 0.129 e. The van der Waals surface area contributed by atoms with Gasteiger partial charge in [-0.15, -0.1) is 0 Å². The molecule has 0 radical (unpaired) electrons. The summed E-state index contributed by atoms with van der Waals surface area (Å²) in [6.07, 6.45) is 6.99. The number of aromatic nitrogens is 2. The van der Waals surface area contributed by atoms with Crippen LogP contribution in [0.3, 0.4) is 0 Å². The van der Waals surface area contributed by atoms with Gasteiger partial charge in [-0.3, -0.25) is 0 Å². The third kappa shape index (κ3) is 2.42. The maximum atomic E-state index is 9.34. The van der Waals surface area contributed by atoms with Crippen molar-refractivity contribution in [2.24, 2.45) is 0 Å². The van der Waals surface area contributed by atoms with Crippen molar-refractivity contribution in [3.63, 3.8) is 0 Å². The number of anilines is 1. The van der Waals surface area contributed by atoms with Crippen LogP contribution in [0.4, 0.5) is 5.82 Å². The third-order valence-corrected chi connectivity index (χ3v) is 2.63. The van der Waals surface area contributed by atoms with Gasteiger partial charge in [-0.1, -0.05) is 0 Å². The number of nitrogens with zero attached hydrogens (tertiary/aromatic N) is 2. The van der Waals surface area contributed by atoms with Crippen molar-refractivity contribution in [1.29, 1.82) is 0 Å². The summed E-state index contributed by atoms with van der Waals surface area (Å²) in [5, 5.41) is 12.7. The van der Waals surface area contributed by atoms with Gasteiger partial charge >= 0.3 is 0 Å². The second kappa shape index (κ2) is 4.37. The molecule has 4 heteroatoms. The highest BCUT2D eigenvalue weighted by Gasteiger charge is 2.18. The van der Waals surface area contributed by atoms with Crippen LogP contribution in [0.2, 0.25) is 0 Å². The highest BCUT2D eigenvalue weighted by Crippen LogP contribution is 2.20. The smallest absolute Gasteiger partial charge is 0.129 e. The average Bonchev–Trinajstić information content (AvgIpc) is 2.23. The number of aliphatic hydroxyl groups is 1. The summed E-state index contributed by atoms with van der Waals surface area (Å²) in [4.78, 5) is 7.97. The SMILES string of the molecule is OC1CCC(Nc2ccncn2)CC1. The molecule has 0 saturated heterocycles. The fourth-order valence-electron chi connectivity index (χ4n) is 1.81. The van der Waals surface area contributed by atoms with Crippen LogP contribution in [0.15, 0.2) is 18.6 Å². The van der Waals surface area contributed by atoms with Gasteiger partial charge in [0.25, 0.3) is 0 Å². The number of hydrogen-bond acceptors (Lipinski definition) is 4. The van der Waals surface area contributed by atoms with E-state index >= 15 is 0 Å². The molecule has 0 amide bonds. The van der Waals surface area contributed by atoms with Crippen molar-refractivity contribution in [3.05, 3.63) is 18.6 Å². The van der Waals surface area contributed by atoms with Crippen LogP contribution >= 0.6 is 0 Å². The van der Waals surface area contributed by atoms with E-state index in [1.165, 1.54) is 0 Å². The molecule has 1 aliphatic rings. The molecule has 1 saturated carbocycles. The van der Waals surface area contributed by atoms with E-state index in [4.69, 9.17) is 0 Å². The number of hydrogen-bond donors (Lipinski definition) is 2. The lowest BCUT2D eigenvalue weighted by Gasteiger charge is -2.26. The molecule has 0 aliphatic heterocycles. The lowest BCUT2D eigenvalue weighted by Crippen LogP contribution is -2.28. The molecular weight excluding hydrogens is 178 g/mol. The van der Waals surface area contributed by atoms with Crippen molar-refractivity contribution in [2.45, 2.75) is 37.8 Å². The van der Waals surface area contributed by atoms with E-state index in [2.05, 4.69) is 15.3 Å². The number of aliphatic hydroxyl groups excluding tert-OH is 1. The van der Waals surface area contributed by atoms with Gasteiger partial charge in [-0.05, 0) is 31.7 Å². The first-order chi connectivity index (χ1) is 6.84. The normalized spacial score (nSPS) is 27.2. The van der Waals surface area contributed by atoms with Gasteiger partial charge < -0.3 is 10.4 Å². The summed E-state index contributed by atoms with van der Waals surface area (Å²) < 4.78 is 0. The van der Waals surface area contributed by atoms with Crippen molar-refractivity contribution in [1.82, 2.24) is 9.97 Å². The van der Waals surface area contributed by atoms with Gasteiger partial charge in [-0.2, -0.15) is 0 Å². The number of rotatable bonds is 2. The van der Waals surface area contributed by atoms with E-state index in [0.29, 0.717) is 6.04 Å². The highest BCUT2D eigenvalue weighted by atomic mass is 16.3. The second-order valence-corrected chi connectivity index (χ2v) is 3.74. The molecule has 1 aromatic rings. The minimum Gasteiger partial charge on any atom is -0.393 e. The van der Waals surface area contributed by atoms with Gasteiger partial charge in [-0.25, -0.2) is 9.97 Å². The van der Waals surface area contributed by atoms with Gasteiger partial charge in [0.1, 0.15) is 12.1 Å². The van der Waals surface area contributed by atoms with Crippen LogP contribution in [0.25, 0.3) is 0 Å². The molecular formula is C10H15N3O. The van der Waals surface area contributed by atoms with E-state index in [1.807, 2.05) is 6.07 Å². The Morgan fingerprint density at radius 2 is 2.07 bits per heavy atom. The van der Waals surface area contributed by atoms with Crippen LogP contribution < -0.4 is 5.32 Å². The Morgan fingerprint density at radius 3 is 2.71 bits per heavy atom. The van der Waals surface area contributed by atoms with Crippen LogP contribution in [0.5, 0.6) is 0 Å². The Bertz CT molecular complexity index is 270. The van der Waals surface area contributed by atoms with Gasteiger partial charge in [0.15, 0.2) is 0 Å². The number of nitrogens with one attached hydrogen (secondary N) is 1. The molecule has 14 heavy (non-hydrogen) atoms. The first-order valence-corrected chi connectivity index (χ1v) is 5.05. The molecule has 4 nitrogen and oxygen atoms in total. The van der Waals surface area contributed by atoms with E-state index in [1.54, 1.807) is 12.5 Å². The van der Waals surface area contributed by atoms with E-state index in [-0.39, 0.29) is 6.10 Å². The molecule has 2 N–H and O–H groups in total. The Balaban J connectivity index is 1.87. The lowest BCUT2D eigenvalue weighted by atomic mass is 9.93. The average molecular weight is 193 g/mol. The summed E-state index contributed by atoms with van der Waals surface area (Å²) in [5.74, 6) is 0.876. The standard InChI is InChI=1S/C10H15N3O/c14-9-3-1-8(2-4-9)13-10-5-6-11-7-12-10/h5-9,14H,1-4H2,(H,11,12,13). The van der Waals surface area contributed by atoms with Crippen molar-refractivity contribution in [2.75, 3.05) is 5.32 Å². The third-order valence-electron chi connectivity index (χ3n) is 2.63. The minimum absolute atomic E-state index is 0.0987. The fraction of sp³-hybridized carbons (Fsp3) is 0.600. The van der Waals surface area contributed by atoms with E-state index in [0.717, 1.165) is 31.5 Å². The van der Waals surface area contributed by atoms with E-state index in [9.17, 15) is 5.11 Å². The fourth-order valence-corrected chi connectivity index (χ4v) is 1.81. The van der Waals surface area contributed by atoms with E-state index < -0.39 is 0 Å². The van der Waals surface area contributed by atoms with Crippen LogP contribution in [0, 0.1) is 0 Å². The molecule has 0 spiro atoms. The second-order valence-electron chi connectivity index (χ2n) is 3.74. The summed E-state index contributed by atoms with van der Waals surface area (Å²) in [5.41, 5.74) is 0. The molecule has 76 valence electrons. The largest absolute Gasteiger partial charge is 0.393 e. The Labute approximate surface area is 83.4 Å². The molecule has 0 aromatic carbocycles. The molecule has 1 heterocycles. The molecule has 1 aliphatic carbocycles. The summed E-state index contributed by atoms with van der Waals surface area (Å²) in [6.45, 7) is 0. The van der Waals surface area contributed by atoms with Crippen molar-refractivity contribution < 1.29 is 5.11 Å². The quantitative estimate of drug-likeness (QED) is 0.740. The molecule has 0 atom stereocenters. The summed E-state index contributed by atoms with van der Waals surface area (Å²) >= 11 is 0. The molecule has 1 aromatic heterocycles. The molecule has 1 fully saturated rings. The first-order valence-electron chi connectivity index (χ1n) is 5.05. The Morgan fingerprint density at radius 1 is 1.29 bits per heavy atom. The van der Waals surface area contributed by atoms with Crippen LogP contribution in [-0.2, 0) is 0 Å². The zero-order chi connectivity index (χ0) is 9.80. The summed E-state index contributed by atoms with van der Waals surface area (Å²) in [7, 11) is 0. The molecule has 2 rings (SSSR count). The Kier molecular flexibility index (Phi) is 2.93. The van der Waals surface area contributed by atoms with Crippen LogP contribution in [-0.4, -0.2) is 27.2 Å². The van der Waals surface area contributed by atoms with Crippen molar-refractivity contribution >= 4 is 5.82 Å². The maximum absolute atomic E-state index is 9.34. The zero-order valence-corrected chi connectivity index (χ0v) is 8.06. The van der Waals surface area contributed by atoms with Crippen LogP contribution in [0.1, 0.15) is 25.7 Å². The monoisotopic (exact) mass is 193 g/mol.